The fraction of sp³-hybridized carbons (Fsp3) is 0.345. The van der Waals surface area contributed by atoms with Gasteiger partial charge in [0, 0.05) is 49.4 Å². The van der Waals surface area contributed by atoms with Gasteiger partial charge in [-0.3, -0.25) is 4.79 Å². The lowest BCUT2D eigenvalue weighted by Crippen LogP contribution is -2.49. The van der Waals surface area contributed by atoms with Crippen LogP contribution in [0, 0.1) is 0 Å². The molecule has 0 unspecified atom stereocenters. The Labute approximate surface area is 212 Å². The molecule has 1 aliphatic rings. The summed E-state index contributed by atoms with van der Waals surface area (Å²) in [4.78, 5) is 22.7. The Hall–Kier alpha value is -3.87. The maximum atomic E-state index is 13.9. The molecule has 1 amide bonds. The zero-order valence-corrected chi connectivity index (χ0v) is 21.4. The van der Waals surface area contributed by atoms with Crippen molar-refractivity contribution in [3.8, 4) is 17.0 Å². The molecule has 2 aromatic heterocycles. The number of carbonyl (C=O) groups excluding carboxylic acids is 1. The zero-order chi connectivity index (χ0) is 25.3. The number of para-hydroxylation sites is 2. The van der Waals surface area contributed by atoms with Crippen molar-refractivity contribution in [2.75, 3.05) is 37.7 Å². The van der Waals surface area contributed by atoms with E-state index in [0.717, 1.165) is 47.1 Å². The summed E-state index contributed by atoms with van der Waals surface area (Å²) in [6.07, 6.45) is 1.71. The fourth-order valence-electron chi connectivity index (χ4n) is 4.65. The highest BCUT2D eigenvalue weighted by atomic mass is 16.5. The second kappa shape index (κ2) is 9.64. The van der Waals surface area contributed by atoms with Gasteiger partial charge < -0.3 is 14.5 Å². The third-order valence-corrected chi connectivity index (χ3v) is 6.60. The number of anilines is 1. The summed E-state index contributed by atoms with van der Waals surface area (Å²) in [6.45, 7) is 11.7. The van der Waals surface area contributed by atoms with Crippen molar-refractivity contribution in [3.63, 3.8) is 0 Å². The van der Waals surface area contributed by atoms with Crippen LogP contribution in [0.15, 0.2) is 66.9 Å². The van der Waals surface area contributed by atoms with E-state index in [-0.39, 0.29) is 11.3 Å². The maximum absolute atomic E-state index is 13.9. The molecule has 7 nitrogen and oxygen atoms in total. The van der Waals surface area contributed by atoms with Gasteiger partial charge in [0.2, 0.25) is 0 Å². The van der Waals surface area contributed by atoms with E-state index in [1.54, 1.807) is 6.20 Å². The van der Waals surface area contributed by atoms with Gasteiger partial charge in [0.1, 0.15) is 5.75 Å². The van der Waals surface area contributed by atoms with Crippen molar-refractivity contribution >= 4 is 17.2 Å². The average molecular weight is 484 g/mol. The number of piperazine rings is 1. The topological polar surface area (TPSA) is 63.0 Å². The quantitative estimate of drug-likeness (QED) is 0.397. The third-order valence-electron chi connectivity index (χ3n) is 6.60. The van der Waals surface area contributed by atoms with Crippen LogP contribution in [0.5, 0.6) is 5.75 Å². The minimum absolute atomic E-state index is 0.0196. The molecule has 36 heavy (non-hydrogen) atoms. The normalized spacial score (nSPS) is 14.3. The monoisotopic (exact) mass is 483 g/mol. The summed E-state index contributed by atoms with van der Waals surface area (Å²) in [5, 5.41) is 4.89. The molecule has 5 rings (SSSR count). The van der Waals surface area contributed by atoms with Crippen molar-refractivity contribution in [1.29, 1.82) is 0 Å². The van der Waals surface area contributed by atoms with E-state index in [9.17, 15) is 4.79 Å². The number of carbonyl (C=O) groups is 1. The van der Waals surface area contributed by atoms with Crippen LogP contribution in [0.25, 0.3) is 16.9 Å². The molecule has 4 aromatic rings. The number of benzene rings is 2. The SMILES string of the molecule is CCOc1ccccc1N1CCN(C(=O)c2cnc3cc(C(C)(C)C)nn3c2-c2ccccc2)CC1. The van der Waals surface area contributed by atoms with E-state index in [1.807, 2.05) is 70.9 Å². The van der Waals surface area contributed by atoms with Crippen molar-refractivity contribution in [2.45, 2.75) is 33.1 Å². The Balaban J connectivity index is 1.46. The van der Waals surface area contributed by atoms with Crippen LogP contribution in [-0.2, 0) is 5.41 Å². The smallest absolute Gasteiger partial charge is 0.257 e. The van der Waals surface area contributed by atoms with Crippen LogP contribution in [0.4, 0.5) is 5.69 Å². The lowest BCUT2D eigenvalue weighted by Gasteiger charge is -2.37. The second-order valence-electron chi connectivity index (χ2n) is 10.1. The van der Waals surface area contributed by atoms with E-state index in [1.165, 1.54) is 0 Å². The highest BCUT2D eigenvalue weighted by Gasteiger charge is 2.28. The minimum Gasteiger partial charge on any atom is -0.492 e. The summed E-state index contributed by atoms with van der Waals surface area (Å²) < 4.78 is 7.66. The second-order valence-corrected chi connectivity index (χ2v) is 10.1. The number of hydrogen-bond acceptors (Lipinski definition) is 5. The standard InChI is InChI=1S/C29H33N5O2/c1-5-36-24-14-10-9-13-23(24)32-15-17-33(18-16-32)28(35)22-20-30-26-19-25(29(2,3)4)31-34(26)27(22)21-11-7-6-8-12-21/h6-14,19-20H,5,15-18H2,1-4H3. The van der Waals surface area contributed by atoms with Crippen LogP contribution in [0.2, 0.25) is 0 Å². The molecule has 3 heterocycles. The molecule has 7 heteroatoms. The highest BCUT2D eigenvalue weighted by Crippen LogP contribution is 2.31. The van der Waals surface area contributed by atoms with E-state index in [4.69, 9.17) is 9.84 Å². The number of ether oxygens (including phenoxy) is 1. The van der Waals surface area contributed by atoms with Gasteiger partial charge in [-0.1, -0.05) is 63.2 Å². The Morgan fingerprint density at radius 2 is 1.67 bits per heavy atom. The lowest BCUT2D eigenvalue weighted by atomic mass is 9.93. The van der Waals surface area contributed by atoms with Gasteiger partial charge in [-0.25, -0.2) is 9.50 Å². The van der Waals surface area contributed by atoms with E-state index in [0.29, 0.717) is 25.3 Å². The van der Waals surface area contributed by atoms with Crippen LogP contribution < -0.4 is 9.64 Å². The summed E-state index contributed by atoms with van der Waals surface area (Å²) in [7, 11) is 0. The van der Waals surface area contributed by atoms with Gasteiger partial charge in [0.25, 0.3) is 5.91 Å². The van der Waals surface area contributed by atoms with E-state index < -0.39 is 0 Å². The first-order chi connectivity index (χ1) is 17.4. The van der Waals surface area contributed by atoms with Gasteiger partial charge in [0.05, 0.1) is 29.2 Å². The number of aromatic nitrogens is 3. The van der Waals surface area contributed by atoms with Gasteiger partial charge in [-0.2, -0.15) is 5.10 Å². The van der Waals surface area contributed by atoms with Crippen LogP contribution in [0.1, 0.15) is 43.7 Å². The largest absolute Gasteiger partial charge is 0.492 e. The Morgan fingerprint density at radius 1 is 0.972 bits per heavy atom. The minimum atomic E-state index is -0.125. The van der Waals surface area contributed by atoms with Crippen molar-refractivity contribution in [1.82, 2.24) is 19.5 Å². The fourth-order valence-corrected chi connectivity index (χ4v) is 4.65. The molecular formula is C29H33N5O2. The van der Waals surface area contributed by atoms with E-state index in [2.05, 4.69) is 36.7 Å². The first-order valence-corrected chi connectivity index (χ1v) is 12.6. The number of nitrogens with zero attached hydrogens (tertiary/aromatic N) is 5. The van der Waals surface area contributed by atoms with Gasteiger partial charge in [0.15, 0.2) is 5.65 Å². The molecule has 2 aromatic carbocycles. The highest BCUT2D eigenvalue weighted by molar-refractivity contribution is 6.00. The summed E-state index contributed by atoms with van der Waals surface area (Å²) in [6, 6.07) is 20.1. The van der Waals surface area contributed by atoms with Crippen molar-refractivity contribution in [3.05, 3.63) is 78.1 Å². The first kappa shape index (κ1) is 23.9. The molecule has 0 saturated carbocycles. The molecular weight excluding hydrogens is 450 g/mol. The van der Waals surface area contributed by atoms with Crippen molar-refractivity contribution in [2.24, 2.45) is 0 Å². The number of fused-ring (bicyclic) bond motifs is 1. The molecule has 1 saturated heterocycles. The molecule has 1 aliphatic heterocycles. The molecule has 0 aliphatic carbocycles. The Kier molecular flexibility index (Phi) is 6.39. The first-order valence-electron chi connectivity index (χ1n) is 12.6. The van der Waals surface area contributed by atoms with Crippen LogP contribution in [-0.4, -0.2) is 58.2 Å². The molecule has 186 valence electrons. The number of amides is 1. The van der Waals surface area contributed by atoms with Gasteiger partial charge in [-0.15, -0.1) is 0 Å². The zero-order valence-electron chi connectivity index (χ0n) is 21.4. The molecule has 0 radical (unpaired) electrons. The number of hydrogen-bond donors (Lipinski definition) is 0. The van der Waals surface area contributed by atoms with Gasteiger partial charge in [-0.05, 0) is 19.1 Å². The van der Waals surface area contributed by atoms with Crippen LogP contribution >= 0.6 is 0 Å². The van der Waals surface area contributed by atoms with E-state index >= 15 is 0 Å². The average Bonchev–Trinajstić information content (AvgIpc) is 3.34. The third kappa shape index (κ3) is 4.53. The van der Waals surface area contributed by atoms with Crippen LogP contribution in [0.3, 0.4) is 0 Å². The molecule has 0 spiro atoms. The summed E-state index contributed by atoms with van der Waals surface area (Å²) >= 11 is 0. The predicted molar refractivity (Wildman–Crippen MR) is 143 cm³/mol. The summed E-state index contributed by atoms with van der Waals surface area (Å²) in [5.74, 6) is 0.864. The molecule has 0 atom stereocenters. The summed E-state index contributed by atoms with van der Waals surface area (Å²) in [5.41, 5.74) is 4.93. The molecule has 0 bridgehead atoms. The molecule has 0 N–H and O–H groups in total. The Bertz CT molecular complexity index is 1370. The lowest BCUT2D eigenvalue weighted by molar-refractivity contribution is 0.0746. The molecule has 1 fully saturated rings. The van der Waals surface area contributed by atoms with Gasteiger partial charge >= 0.3 is 0 Å². The predicted octanol–water partition coefficient (Wildman–Crippen LogP) is 5.05. The Morgan fingerprint density at radius 3 is 2.36 bits per heavy atom. The van der Waals surface area contributed by atoms with Crippen molar-refractivity contribution < 1.29 is 9.53 Å². The number of rotatable bonds is 5. The maximum Gasteiger partial charge on any atom is 0.257 e.